The summed E-state index contributed by atoms with van der Waals surface area (Å²) in [6.07, 6.45) is 1.02. The van der Waals surface area contributed by atoms with E-state index in [1.54, 1.807) is 7.11 Å². The van der Waals surface area contributed by atoms with Gasteiger partial charge in [0.1, 0.15) is 5.75 Å². The van der Waals surface area contributed by atoms with E-state index in [2.05, 4.69) is 15.9 Å². The third kappa shape index (κ3) is 4.33. The predicted molar refractivity (Wildman–Crippen MR) is 85.7 cm³/mol. The Labute approximate surface area is 132 Å². The zero-order valence-electron chi connectivity index (χ0n) is 11.8. The van der Waals surface area contributed by atoms with Crippen LogP contribution in [0.4, 0.5) is 0 Å². The molecule has 0 bridgehead atoms. The van der Waals surface area contributed by atoms with Gasteiger partial charge in [-0.3, -0.25) is 4.79 Å². The Hall–Kier alpha value is -1.81. The predicted octanol–water partition coefficient (Wildman–Crippen LogP) is 3.94. The lowest BCUT2D eigenvalue weighted by molar-refractivity contribution is -0.141. The van der Waals surface area contributed by atoms with Crippen LogP contribution in [0.15, 0.2) is 53.0 Å². The fraction of sp³-hybridized carbons (Fsp3) is 0.235. The minimum Gasteiger partial charge on any atom is -0.496 e. The highest BCUT2D eigenvalue weighted by atomic mass is 79.9. The van der Waals surface area contributed by atoms with Crippen molar-refractivity contribution in [2.24, 2.45) is 5.92 Å². The summed E-state index contributed by atoms with van der Waals surface area (Å²) in [5.74, 6) is -0.466. The van der Waals surface area contributed by atoms with Crippen molar-refractivity contribution < 1.29 is 14.6 Å². The first-order valence-electron chi connectivity index (χ1n) is 6.69. The van der Waals surface area contributed by atoms with E-state index in [0.29, 0.717) is 12.8 Å². The molecule has 0 aliphatic carbocycles. The molecule has 0 aliphatic rings. The van der Waals surface area contributed by atoms with E-state index in [1.807, 2.05) is 48.5 Å². The van der Waals surface area contributed by atoms with Crippen LogP contribution in [-0.2, 0) is 17.6 Å². The molecule has 0 amide bonds. The van der Waals surface area contributed by atoms with Crippen LogP contribution >= 0.6 is 15.9 Å². The molecule has 3 nitrogen and oxygen atoms in total. The van der Waals surface area contributed by atoms with Gasteiger partial charge in [0.2, 0.25) is 0 Å². The molecule has 4 heteroatoms. The fourth-order valence-corrected chi connectivity index (χ4v) is 2.85. The number of ether oxygens (including phenoxy) is 1. The van der Waals surface area contributed by atoms with Gasteiger partial charge in [-0.05, 0) is 52.0 Å². The zero-order chi connectivity index (χ0) is 15.2. The van der Waals surface area contributed by atoms with Gasteiger partial charge in [-0.25, -0.2) is 0 Å². The van der Waals surface area contributed by atoms with Crippen molar-refractivity contribution in [3.8, 4) is 5.75 Å². The summed E-state index contributed by atoms with van der Waals surface area (Å²) in [6, 6.07) is 15.4. The highest BCUT2D eigenvalue weighted by Gasteiger charge is 2.19. The summed E-state index contributed by atoms with van der Waals surface area (Å²) in [5.41, 5.74) is 2.02. The number of hydrogen-bond donors (Lipinski definition) is 1. The summed E-state index contributed by atoms with van der Waals surface area (Å²) in [7, 11) is 1.61. The van der Waals surface area contributed by atoms with Gasteiger partial charge in [0, 0.05) is 0 Å². The van der Waals surface area contributed by atoms with E-state index >= 15 is 0 Å². The van der Waals surface area contributed by atoms with Gasteiger partial charge in [0.25, 0.3) is 0 Å². The van der Waals surface area contributed by atoms with Crippen LogP contribution in [0.1, 0.15) is 11.1 Å². The first-order valence-corrected chi connectivity index (χ1v) is 7.48. The molecule has 1 N–H and O–H groups in total. The molecular formula is C17H17BrO3. The van der Waals surface area contributed by atoms with E-state index in [4.69, 9.17) is 4.74 Å². The van der Waals surface area contributed by atoms with E-state index in [1.165, 1.54) is 0 Å². The minimum atomic E-state index is -0.772. The molecule has 2 rings (SSSR count). The van der Waals surface area contributed by atoms with E-state index in [0.717, 1.165) is 21.3 Å². The molecule has 0 aliphatic heterocycles. The third-order valence-electron chi connectivity index (χ3n) is 3.37. The van der Waals surface area contributed by atoms with Crippen molar-refractivity contribution in [1.82, 2.24) is 0 Å². The van der Waals surface area contributed by atoms with Gasteiger partial charge in [-0.2, -0.15) is 0 Å². The van der Waals surface area contributed by atoms with Gasteiger partial charge in [0.15, 0.2) is 0 Å². The van der Waals surface area contributed by atoms with Gasteiger partial charge in [-0.1, -0.05) is 36.4 Å². The highest BCUT2D eigenvalue weighted by Crippen LogP contribution is 2.27. The molecule has 1 atom stereocenters. The first kappa shape index (κ1) is 15.6. The van der Waals surface area contributed by atoms with Crippen LogP contribution in [0.25, 0.3) is 0 Å². The van der Waals surface area contributed by atoms with Crippen molar-refractivity contribution in [3.63, 3.8) is 0 Å². The number of benzene rings is 2. The van der Waals surface area contributed by atoms with Crippen LogP contribution in [0.5, 0.6) is 5.75 Å². The van der Waals surface area contributed by atoms with Gasteiger partial charge in [-0.15, -0.1) is 0 Å². The normalized spacial score (nSPS) is 11.9. The molecule has 0 fully saturated rings. The van der Waals surface area contributed by atoms with Crippen LogP contribution < -0.4 is 4.74 Å². The van der Waals surface area contributed by atoms with E-state index in [9.17, 15) is 9.90 Å². The number of carbonyl (C=O) groups is 1. The SMILES string of the molecule is COc1ccc(CC(Cc2ccccc2)C(=O)O)cc1Br. The molecule has 0 saturated carbocycles. The maximum atomic E-state index is 11.5. The van der Waals surface area contributed by atoms with Crippen LogP contribution in [0.2, 0.25) is 0 Å². The molecule has 110 valence electrons. The quantitative estimate of drug-likeness (QED) is 0.859. The summed E-state index contributed by atoms with van der Waals surface area (Å²) in [4.78, 5) is 11.5. The summed E-state index contributed by atoms with van der Waals surface area (Å²) < 4.78 is 6.02. The van der Waals surface area contributed by atoms with Crippen LogP contribution in [0, 0.1) is 5.92 Å². The van der Waals surface area contributed by atoms with E-state index in [-0.39, 0.29) is 0 Å². The molecular weight excluding hydrogens is 332 g/mol. The summed E-state index contributed by atoms with van der Waals surface area (Å²) in [6.45, 7) is 0. The average molecular weight is 349 g/mol. The largest absolute Gasteiger partial charge is 0.496 e. The second-order valence-electron chi connectivity index (χ2n) is 4.90. The molecule has 21 heavy (non-hydrogen) atoms. The van der Waals surface area contributed by atoms with Crippen molar-refractivity contribution >= 4 is 21.9 Å². The lowest BCUT2D eigenvalue weighted by Crippen LogP contribution is -2.19. The number of aliphatic carboxylic acids is 1. The summed E-state index contributed by atoms with van der Waals surface area (Å²) >= 11 is 3.43. The molecule has 0 radical (unpaired) electrons. The lowest BCUT2D eigenvalue weighted by Gasteiger charge is -2.13. The van der Waals surface area contributed by atoms with Gasteiger partial charge in [0.05, 0.1) is 17.5 Å². The van der Waals surface area contributed by atoms with Crippen molar-refractivity contribution in [1.29, 1.82) is 0 Å². The van der Waals surface area contributed by atoms with Gasteiger partial charge < -0.3 is 9.84 Å². The van der Waals surface area contributed by atoms with Gasteiger partial charge >= 0.3 is 5.97 Å². The Morgan fingerprint density at radius 3 is 2.38 bits per heavy atom. The van der Waals surface area contributed by atoms with Crippen molar-refractivity contribution in [2.75, 3.05) is 7.11 Å². The second-order valence-corrected chi connectivity index (χ2v) is 5.75. The average Bonchev–Trinajstić information content (AvgIpc) is 2.48. The molecule has 0 heterocycles. The van der Waals surface area contributed by atoms with Crippen molar-refractivity contribution in [3.05, 3.63) is 64.1 Å². The fourth-order valence-electron chi connectivity index (χ4n) is 2.27. The molecule has 2 aromatic rings. The Morgan fingerprint density at radius 1 is 1.14 bits per heavy atom. The molecule has 0 spiro atoms. The Morgan fingerprint density at radius 2 is 1.81 bits per heavy atom. The Balaban J connectivity index is 2.13. The lowest BCUT2D eigenvalue weighted by atomic mass is 9.92. The molecule has 1 unspecified atom stereocenters. The smallest absolute Gasteiger partial charge is 0.307 e. The molecule has 2 aromatic carbocycles. The maximum Gasteiger partial charge on any atom is 0.307 e. The maximum absolute atomic E-state index is 11.5. The van der Waals surface area contributed by atoms with Crippen LogP contribution in [0.3, 0.4) is 0 Å². The number of carboxylic acid groups (broad SMARTS) is 1. The minimum absolute atomic E-state index is 0.437. The Bertz CT molecular complexity index is 611. The Kier molecular flexibility index (Phi) is 5.39. The number of halogens is 1. The molecule has 0 aromatic heterocycles. The topological polar surface area (TPSA) is 46.5 Å². The standard InChI is InChI=1S/C17H17BrO3/c1-21-16-8-7-13(11-15(16)18)10-14(17(19)20)9-12-5-3-2-4-6-12/h2-8,11,14H,9-10H2,1H3,(H,19,20). The highest BCUT2D eigenvalue weighted by molar-refractivity contribution is 9.10. The third-order valence-corrected chi connectivity index (χ3v) is 3.99. The first-order chi connectivity index (χ1) is 10.1. The van der Waals surface area contributed by atoms with Crippen LogP contribution in [-0.4, -0.2) is 18.2 Å². The molecule has 0 saturated heterocycles. The zero-order valence-corrected chi connectivity index (χ0v) is 13.3. The second kappa shape index (κ2) is 7.27. The number of methoxy groups -OCH3 is 1. The van der Waals surface area contributed by atoms with E-state index < -0.39 is 11.9 Å². The summed E-state index contributed by atoms with van der Waals surface area (Å²) in [5, 5.41) is 9.43. The number of carboxylic acids is 1. The number of rotatable bonds is 6. The van der Waals surface area contributed by atoms with Crippen molar-refractivity contribution in [2.45, 2.75) is 12.8 Å². The number of hydrogen-bond acceptors (Lipinski definition) is 2. The monoisotopic (exact) mass is 348 g/mol.